The Hall–Kier alpha value is -1.45. The van der Waals surface area contributed by atoms with Gasteiger partial charge in [-0.2, -0.15) is 0 Å². The van der Waals surface area contributed by atoms with Crippen LogP contribution in [0, 0.1) is 6.92 Å². The molecule has 0 radical (unpaired) electrons. The second-order valence-corrected chi connectivity index (χ2v) is 4.39. The van der Waals surface area contributed by atoms with Crippen molar-refractivity contribution in [2.45, 2.75) is 19.4 Å². The van der Waals surface area contributed by atoms with Gasteiger partial charge >= 0.3 is 0 Å². The van der Waals surface area contributed by atoms with Crippen LogP contribution in [0.3, 0.4) is 0 Å². The van der Waals surface area contributed by atoms with Gasteiger partial charge in [0.05, 0.1) is 16.8 Å². The van der Waals surface area contributed by atoms with Crippen LogP contribution in [0.5, 0.6) is 0 Å². The number of nitrogens with zero attached hydrogens (tertiary/aromatic N) is 2. The highest BCUT2D eigenvalue weighted by Gasteiger charge is 2.10. The molecule has 2 aromatic heterocycles. The van der Waals surface area contributed by atoms with Gasteiger partial charge in [-0.05, 0) is 37.1 Å². The normalized spacial score (nSPS) is 12.4. The third-order valence-electron chi connectivity index (χ3n) is 2.59. The van der Waals surface area contributed by atoms with E-state index in [1.54, 1.807) is 12.4 Å². The third-order valence-corrected chi connectivity index (χ3v) is 2.93. The van der Waals surface area contributed by atoms with Crippen molar-refractivity contribution in [3.8, 4) is 0 Å². The van der Waals surface area contributed by atoms with Gasteiger partial charge in [0.2, 0.25) is 0 Å². The first-order valence-electron chi connectivity index (χ1n) is 5.44. The van der Waals surface area contributed by atoms with E-state index < -0.39 is 0 Å². The van der Waals surface area contributed by atoms with Gasteiger partial charge in [-0.15, -0.1) is 0 Å². The standard InChI is InChI=1S/C13H14ClN3/c1-9-3-2-4-13(17-9)12(15)7-10-5-6-16-8-11(10)14/h2-6,8,12H,7,15H2,1H3. The maximum Gasteiger partial charge on any atom is 0.0622 e. The predicted octanol–water partition coefficient (Wildman–Crippen LogP) is 2.68. The highest BCUT2D eigenvalue weighted by atomic mass is 35.5. The predicted molar refractivity (Wildman–Crippen MR) is 68.9 cm³/mol. The molecule has 2 aromatic rings. The van der Waals surface area contributed by atoms with Crippen LogP contribution in [0.2, 0.25) is 5.02 Å². The molecule has 0 aliphatic carbocycles. The van der Waals surface area contributed by atoms with Gasteiger partial charge in [0, 0.05) is 18.1 Å². The summed E-state index contributed by atoms with van der Waals surface area (Å²) >= 11 is 6.05. The maximum absolute atomic E-state index is 6.12. The Morgan fingerprint density at radius 1 is 1.35 bits per heavy atom. The van der Waals surface area contributed by atoms with Crippen molar-refractivity contribution >= 4 is 11.6 Å². The van der Waals surface area contributed by atoms with E-state index >= 15 is 0 Å². The molecule has 1 unspecified atom stereocenters. The number of rotatable bonds is 3. The number of aryl methyl sites for hydroxylation is 1. The summed E-state index contributed by atoms with van der Waals surface area (Å²) in [5.41, 5.74) is 8.98. The summed E-state index contributed by atoms with van der Waals surface area (Å²) in [5, 5.41) is 0.649. The van der Waals surface area contributed by atoms with Gasteiger partial charge in [-0.3, -0.25) is 9.97 Å². The lowest BCUT2D eigenvalue weighted by Gasteiger charge is -2.12. The fraction of sp³-hybridized carbons (Fsp3) is 0.231. The summed E-state index contributed by atoms with van der Waals surface area (Å²) in [6, 6.07) is 7.60. The number of nitrogens with two attached hydrogens (primary N) is 1. The average Bonchev–Trinajstić information content (AvgIpc) is 2.32. The maximum atomic E-state index is 6.12. The number of pyridine rings is 2. The van der Waals surface area contributed by atoms with Crippen molar-refractivity contribution in [1.82, 2.24) is 9.97 Å². The van der Waals surface area contributed by atoms with E-state index in [1.165, 1.54) is 0 Å². The summed E-state index contributed by atoms with van der Waals surface area (Å²) in [6.07, 6.45) is 4.02. The Bertz CT molecular complexity index is 514. The van der Waals surface area contributed by atoms with E-state index in [1.807, 2.05) is 31.2 Å². The molecule has 0 amide bonds. The van der Waals surface area contributed by atoms with Crippen molar-refractivity contribution in [3.63, 3.8) is 0 Å². The molecule has 0 aromatic carbocycles. The third kappa shape index (κ3) is 3.02. The minimum atomic E-state index is -0.144. The van der Waals surface area contributed by atoms with Gasteiger partial charge in [-0.1, -0.05) is 17.7 Å². The summed E-state index contributed by atoms with van der Waals surface area (Å²) in [6.45, 7) is 1.95. The fourth-order valence-electron chi connectivity index (χ4n) is 1.68. The summed E-state index contributed by atoms with van der Waals surface area (Å²) < 4.78 is 0. The molecule has 2 N–H and O–H groups in total. The van der Waals surface area contributed by atoms with Crippen LogP contribution in [0.15, 0.2) is 36.7 Å². The zero-order chi connectivity index (χ0) is 12.3. The smallest absolute Gasteiger partial charge is 0.0622 e. The van der Waals surface area contributed by atoms with E-state index in [0.29, 0.717) is 11.4 Å². The van der Waals surface area contributed by atoms with Crippen LogP contribution in [-0.4, -0.2) is 9.97 Å². The quantitative estimate of drug-likeness (QED) is 0.907. The SMILES string of the molecule is Cc1cccc(C(N)Cc2ccncc2Cl)n1. The number of hydrogen-bond donors (Lipinski definition) is 1. The fourth-order valence-corrected chi connectivity index (χ4v) is 1.88. The molecule has 0 spiro atoms. The molecule has 4 heteroatoms. The van der Waals surface area contributed by atoms with Gasteiger partial charge in [0.15, 0.2) is 0 Å². The summed E-state index contributed by atoms with van der Waals surface area (Å²) in [4.78, 5) is 8.37. The lowest BCUT2D eigenvalue weighted by Crippen LogP contribution is -2.15. The van der Waals surface area contributed by atoms with E-state index in [2.05, 4.69) is 9.97 Å². The molecule has 0 saturated carbocycles. The number of halogens is 1. The Balaban J connectivity index is 2.17. The Morgan fingerprint density at radius 2 is 2.18 bits per heavy atom. The molecule has 0 saturated heterocycles. The lowest BCUT2D eigenvalue weighted by molar-refractivity contribution is 0.693. The Labute approximate surface area is 106 Å². The number of aromatic nitrogens is 2. The van der Waals surface area contributed by atoms with Crippen LogP contribution < -0.4 is 5.73 Å². The highest BCUT2D eigenvalue weighted by Crippen LogP contribution is 2.20. The monoisotopic (exact) mass is 247 g/mol. The Kier molecular flexibility index (Phi) is 3.71. The van der Waals surface area contributed by atoms with Gasteiger partial charge in [0.25, 0.3) is 0 Å². The lowest BCUT2D eigenvalue weighted by atomic mass is 10.0. The molecule has 88 valence electrons. The van der Waals surface area contributed by atoms with E-state index in [0.717, 1.165) is 17.0 Å². The molecule has 3 nitrogen and oxygen atoms in total. The van der Waals surface area contributed by atoms with Gasteiger partial charge < -0.3 is 5.73 Å². The molecular formula is C13H14ClN3. The van der Waals surface area contributed by atoms with Crippen molar-refractivity contribution < 1.29 is 0 Å². The number of hydrogen-bond acceptors (Lipinski definition) is 3. The zero-order valence-corrected chi connectivity index (χ0v) is 10.4. The van der Waals surface area contributed by atoms with Crippen LogP contribution >= 0.6 is 11.6 Å². The molecule has 17 heavy (non-hydrogen) atoms. The van der Waals surface area contributed by atoms with Crippen LogP contribution in [0.4, 0.5) is 0 Å². The van der Waals surface area contributed by atoms with E-state index in [-0.39, 0.29) is 6.04 Å². The molecule has 0 bridgehead atoms. The van der Waals surface area contributed by atoms with Crippen molar-refractivity contribution in [2.24, 2.45) is 5.73 Å². The van der Waals surface area contributed by atoms with Crippen molar-refractivity contribution in [2.75, 3.05) is 0 Å². The molecule has 0 fully saturated rings. The van der Waals surface area contributed by atoms with Crippen molar-refractivity contribution in [1.29, 1.82) is 0 Å². The molecule has 1 atom stereocenters. The van der Waals surface area contributed by atoms with Crippen LogP contribution in [0.1, 0.15) is 23.0 Å². The second-order valence-electron chi connectivity index (χ2n) is 3.98. The minimum absolute atomic E-state index is 0.144. The van der Waals surface area contributed by atoms with Gasteiger partial charge in [-0.25, -0.2) is 0 Å². The molecule has 2 rings (SSSR count). The van der Waals surface area contributed by atoms with E-state index in [9.17, 15) is 0 Å². The van der Waals surface area contributed by atoms with Crippen molar-refractivity contribution in [3.05, 3.63) is 58.6 Å². The van der Waals surface area contributed by atoms with Crippen LogP contribution in [-0.2, 0) is 6.42 Å². The summed E-state index contributed by atoms with van der Waals surface area (Å²) in [7, 11) is 0. The minimum Gasteiger partial charge on any atom is -0.322 e. The summed E-state index contributed by atoms with van der Waals surface area (Å²) in [5.74, 6) is 0. The highest BCUT2D eigenvalue weighted by molar-refractivity contribution is 6.31. The first kappa shape index (κ1) is 12.0. The Morgan fingerprint density at radius 3 is 2.88 bits per heavy atom. The zero-order valence-electron chi connectivity index (χ0n) is 9.60. The topological polar surface area (TPSA) is 51.8 Å². The first-order valence-corrected chi connectivity index (χ1v) is 5.82. The molecule has 0 aliphatic rings. The van der Waals surface area contributed by atoms with Gasteiger partial charge in [0.1, 0.15) is 0 Å². The first-order chi connectivity index (χ1) is 8.16. The van der Waals surface area contributed by atoms with E-state index in [4.69, 9.17) is 17.3 Å². The van der Waals surface area contributed by atoms with Crippen LogP contribution in [0.25, 0.3) is 0 Å². The average molecular weight is 248 g/mol. The second kappa shape index (κ2) is 5.25. The molecular weight excluding hydrogens is 234 g/mol. The largest absolute Gasteiger partial charge is 0.322 e. The molecule has 0 aliphatic heterocycles. The molecule has 2 heterocycles.